The van der Waals surface area contributed by atoms with Crippen LogP contribution in [0.15, 0.2) is 23.4 Å². The van der Waals surface area contributed by atoms with Crippen LogP contribution in [0.2, 0.25) is 0 Å². The molecule has 1 aliphatic rings. The van der Waals surface area contributed by atoms with Crippen molar-refractivity contribution in [1.29, 1.82) is 0 Å². The van der Waals surface area contributed by atoms with Gasteiger partial charge in [-0.25, -0.2) is 13.4 Å². The molecule has 0 unspecified atom stereocenters. The van der Waals surface area contributed by atoms with Crippen molar-refractivity contribution in [2.24, 2.45) is 5.92 Å². The molecule has 1 aliphatic carbocycles. The second-order valence-corrected chi connectivity index (χ2v) is 6.85. The van der Waals surface area contributed by atoms with Crippen molar-refractivity contribution >= 4 is 26.6 Å². The van der Waals surface area contributed by atoms with Gasteiger partial charge in [-0.2, -0.15) is 0 Å². The third kappa shape index (κ3) is 1.96. The summed E-state index contributed by atoms with van der Waals surface area (Å²) >= 11 is 0. The molecule has 0 spiro atoms. The Morgan fingerprint density at radius 1 is 1.39 bits per heavy atom. The van der Waals surface area contributed by atoms with Gasteiger partial charge in [0, 0.05) is 5.69 Å². The zero-order valence-corrected chi connectivity index (χ0v) is 10.7. The van der Waals surface area contributed by atoms with Crippen LogP contribution >= 0.6 is 0 Å². The van der Waals surface area contributed by atoms with Gasteiger partial charge in [0.25, 0.3) is 0 Å². The molecule has 0 atom stereocenters. The predicted octanol–water partition coefficient (Wildman–Crippen LogP) is 1.72. The zero-order valence-electron chi connectivity index (χ0n) is 9.89. The van der Waals surface area contributed by atoms with Crippen molar-refractivity contribution < 1.29 is 8.42 Å². The molecule has 2 aromatic rings. The summed E-state index contributed by atoms with van der Waals surface area (Å²) in [6, 6.07) is 5.14. The number of aromatic nitrogens is 2. The minimum absolute atomic E-state index is 0.0648. The van der Waals surface area contributed by atoms with Crippen molar-refractivity contribution in [2.45, 2.75) is 24.4 Å². The van der Waals surface area contributed by atoms with Crippen molar-refractivity contribution in [3.05, 3.63) is 18.2 Å². The van der Waals surface area contributed by atoms with Gasteiger partial charge in [-0.3, -0.25) is 0 Å². The van der Waals surface area contributed by atoms with Crippen LogP contribution in [0.5, 0.6) is 0 Å². The number of sulfone groups is 1. The largest absolute Gasteiger partial charge is 0.399 e. The highest BCUT2D eigenvalue weighted by molar-refractivity contribution is 7.91. The highest BCUT2D eigenvalue weighted by Crippen LogP contribution is 2.29. The Morgan fingerprint density at radius 2 is 2.17 bits per heavy atom. The van der Waals surface area contributed by atoms with Crippen LogP contribution in [-0.2, 0) is 9.84 Å². The summed E-state index contributed by atoms with van der Waals surface area (Å²) in [5.74, 6) is 0.496. The first kappa shape index (κ1) is 11.5. The second kappa shape index (κ2) is 3.98. The van der Waals surface area contributed by atoms with Crippen LogP contribution in [0.1, 0.15) is 19.3 Å². The van der Waals surface area contributed by atoms with E-state index in [0.29, 0.717) is 22.6 Å². The number of aromatic amines is 1. The fraction of sp³-hybridized carbons (Fsp3) is 0.417. The van der Waals surface area contributed by atoms with E-state index in [4.69, 9.17) is 5.73 Å². The van der Waals surface area contributed by atoms with Gasteiger partial charge in [0.1, 0.15) is 0 Å². The fourth-order valence-corrected chi connectivity index (χ4v) is 3.81. The van der Waals surface area contributed by atoms with E-state index >= 15 is 0 Å². The molecule has 3 N–H and O–H groups in total. The molecule has 1 aromatic carbocycles. The van der Waals surface area contributed by atoms with Crippen LogP contribution in [-0.4, -0.2) is 24.1 Å². The lowest BCUT2D eigenvalue weighted by Gasteiger charge is -2.24. The van der Waals surface area contributed by atoms with Gasteiger partial charge in [-0.05, 0) is 37.0 Å². The summed E-state index contributed by atoms with van der Waals surface area (Å²) in [6.45, 7) is 0. The van der Waals surface area contributed by atoms with Crippen molar-refractivity contribution in [3.8, 4) is 0 Å². The molecule has 0 bridgehead atoms. The van der Waals surface area contributed by atoms with Gasteiger partial charge in [-0.15, -0.1) is 0 Å². The van der Waals surface area contributed by atoms with Gasteiger partial charge in [0.05, 0.1) is 16.8 Å². The Kier molecular flexibility index (Phi) is 2.55. The molecule has 0 aliphatic heterocycles. The number of nitrogens with one attached hydrogen (secondary N) is 1. The number of nitrogen functional groups attached to an aromatic ring is 1. The molecular formula is C12H15N3O2S. The van der Waals surface area contributed by atoms with E-state index in [1.165, 1.54) is 0 Å². The number of nitrogens with two attached hydrogens (primary N) is 1. The van der Waals surface area contributed by atoms with E-state index in [9.17, 15) is 8.42 Å². The molecule has 0 radical (unpaired) electrons. The monoisotopic (exact) mass is 265 g/mol. The van der Waals surface area contributed by atoms with Gasteiger partial charge < -0.3 is 10.7 Å². The summed E-state index contributed by atoms with van der Waals surface area (Å²) in [5.41, 5.74) is 7.55. The summed E-state index contributed by atoms with van der Waals surface area (Å²) < 4.78 is 24.3. The lowest BCUT2D eigenvalue weighted by atomic mass is 9.87. The highest BCUT2D eigenvalue weighted by Gasteiger charge is 2.27. The molecular weight excluding hydrogens is 250 g/mol. The van der Waals surface area contributed by atoms with E-state index < -0.39 is 9.84 Å². The second-order valence-electron chi connectivity index (χ2n) is 4.90. The average Bonchev–Trinajstić information content (AvgIpc) is 2.67. The Labute approximate surface area is 105 Å². The SMILES string of the molecule is Nc1ccc2nc(S(=O)(=O)CC3CCC3)[nH]c2c1. The maximum Gasteiger partial charge on any atom is 0.226 e. The van der Waals surface area contributed by atoms with E-state index in [2.05, 4.69) is 9.97 Å². The predicted molar refractivity (Wildman–Crippen MR) is 69.9 cm³/mol. The van der Waals surface area contributed by atoms with Gasteiger partial charge in [0.15, 0.2) is 0 Å². The van der Waals surface area contributed by atoms with Gasteiger partial charge in [-0.1, -0.05) is 6.42 Å². The Hall–Kier alpha value is -1.56. The quantitative estimate of drug-likeness (QED) is 0.827. The van der Waals surface area contributed by atoms with Crippen LogP contribution in [0, 0.1) is 5.92 Å². The van der Waals surface area contributed by atoms with E-state index in [1.807, 2.05) is 0 Å². The third-order valence-electron chi connectivity index (χ3n) is 3.46. The van der Waals surface area contributed by atoms with Crippen LogP contribution in [0.4, 0.5) is 5.69 Å². The molecule has 1 fully saturated rings. The number of imidazole rings is 1. The first-order valence-electron chi connectivity index (χ1n) is 6.02. The molecule has 18 heavy (non-hydrogen) atoms. The minimum Gasteiger partial charge on any atom is -0.399 e. The molecule has 5 nitrogen and oxygen atoms in total. The summed E-state index contributed by atoms with van der Waals surface area (Å²) in [5, 5.41) is 0.0648. The standard InChI is InChI=1S/C12H15N3O2S/c13-9-4-5-10-11(6-9)15-12(14-10)18(16,17)7-8-2-1-3-8/h4-6,8H,1-3,7,13H2,(H,14,15). The zero-order chi connectivity index (χ0) is 12.8. The maximum atomic E-state index is 12.2. The highest BCUT2D eigenvalue weighted by atomic mass is 32.2. The molecule has 0 amide bonds. The number of hydrogen-bond acceptors (Lipinski definition) is 4. The molecule has 1 saturated carbocycles. The molecule has 0 saturated heterocycles. The minimum atomic E-state index is -3.30. The normalized spacial score (nSPS) is 16.9. The molecule has 6 heteroatoms. The number of hydrogen-bond donors (Lipinski definition) is 2. The first-order valence-corrected chi connectivity index (χ1v) is 7.68. The van der Waals surface area contributed by atoms with E-state index in [1.54, 1.807) is 18.2 Å². The number of H-pyrrole nitrogens is 1. The number of anilines is 1. The smallest absolute Gasteiger partial charge is 0.226 e. The van der Waals surface area contributed by atoms with E-state index in [0.717, 1.165) is 19.3 Å². The van der Waals surface area contributed by atoms with Crippen LogP contribution < -0.4 is 5.73 Å². The fourth-order valence-electron chi connectivity index (χ4n) is 2.20. The lowest BCUT2D eigenvalue weighted by Crippen LogP contribution is -2.22. The topological polar surface area (TPSA) is 88.8 Å². The number of fused-ring (bicyclic) bond motifs is 1. The average molecular weight is 265 g/mol. The molecule has 96 valence electrons. The first-order chi connectivity index (χ1) is 8.54. The van der Waals surface area contributed by atoms with Crippen LogP contribution in [0.3, 0.4) is 0 Å². The van der Waals surface area contributed by atoms with Crippen molar-refractivity contribution in [2.75, 3.05) is 11.5 Å². The number of rotatable bonds is 3. The Morgan fingerprint density at radius 3 is 2.83 bits per heavy atom. The Balaban J connectivity index is 1.97. The number of benzene rings is 1. The molecule has 1 aromatic heterocycles. The summed E-state index contributed by atoms with van der Waals surface area (Å²) in [4.78, 5) is 6.99. The molecule has 1 heterocycles. The number of nitrogens with zero attached hydrogens (tertiary/aromatic N) is 1. The van der Waals surface area contributed by atoms with Crippen molar-refractivity contribution in [3.63, 3.8) is 0 Å². The third-order valence-corrected chi connectivity index (χ3v) is 5.15. The van der Waals surface area contributed by atoms with Crippen LogP contribution in [0.25, 0.3) is 11.0 Å². The summed E-state index contributed by atoms with van der Waals surface area (Å²) in [7, 11) is -3.30. The molecule has 3 rings (SSSR count). The van der Waals surface area contributed by atoms with Gasteiger partial charge in [0.2, 0.25) is 15.0 Å². The summed E-state index contributed by atoms with van der Waals surface area (Å²) in [6.07, 6.45) is 3.15. The maximum absolute atomic E-state index is 12.2. The lowest BCUT2D eigenvalue weighted by molar-refractivity contribution is 0.347. The Bertz CT molecular complexity index is 686. The van der Waals surface area contributed by atoms with E-state index in [-0.39, 0.29) is 10.9 Å². The van der Waals surface area contributed by atoms with Crippen molar-refractivity contribution in [1.82, 2.24) is 9.97 Å². The van der Waals surface area contributed by atoms with Gasteiger partial charge >= 0.3 is 0 Å².